The molecule has 0 aliphatic rings. The Kier molecular flexibility index (Phi) is 11.8. The SMILES string of the molecule is Cn1cc(NC(=O)c2cc(NC(=O)c3cc(NC(=O)c4ccc(N(CCCl)CCCl)cc4)nn3C)nn2C)cc1C(=O)NCCC(=N)N. The van der Waals surface area contributed by atoms with Gasteiger partial charge in [0.2, 0.25) is 0 Å². The second kappa shape index (κ2) is 16.0. The van der Waals surface area contributed by atoms with E-state index in [0.717, 1.165) is 5.69 Å². The molecule has 48 heavy (non-hydrogen) atoms. The first-order chi connectivity index (χ1) is 22.9. The molecule has 1 aromatic carbocycles. The van der Waals surface area contributed by atoms with E-state index in [1.807, 2.05) is 17.0 Å². The van der Waals surface area contributed by atoms with Crippen molar-refractivity contribution in [1.29, 1.82) is 5.41 Å². The third kappa shape index (κ3) is 8.92. The first kappa shape index (κ1) is 35.5. The van der Waals surface area contributed by atoms with Gasteiger partial charge in [-0.05, 0) is 30.3 Å². The van der Waals surface area contributed by atoms with Gasteiger partial charge in [0.25, 0.3) is 23.6 Å². The number of hydrogen-bond donors (Lipinski definition) is 6. The van der Waals surface area contributed by atoms with Gasteiger partial charge in [-0.2, -0.15) is 10.2 Å². The Hall–Kier alpha value is -5.35. The second-order valence-corrected chi connectivity index (χ2v) is 11.4. The number of amides is 4. The molecule has 7 N–H and O–H groups in total. The van der Waals surface area contributed by atoms with Gasteiger partial charge in [-0.15, -0.1) is 23.2 Å². The van der Waals surface area contributed by atoms with Gasteiger partial charge in [-0.1, -0.05) is 0 Å². The van der Waals surface area contributed by atoms with E-state index in [1.165, 1.54) is 27.6 Å². The topological polar surface area (TPSA) is 210 Å². The van der Waals surface area contributed by atoms with Crippen LogP contribution in [0.4, 0.5) is 23.0 Å². The van der Waals surface area contributed by atoms with Crippen LogP contribution in [-0.4, -0.2) is 85.0 Å². The van der Waals surface area contributed by atoms with Gasteiger partial charge < -0.3 is 36.5 Å². The van der Waals surface area contributed by atoms with Gasteiger partial charge in [0.15, 0.2) is 11.6 Å². The fraction of sp³-hybridized carbons (Fsp3) is 0.300. The van der Waals surface area contributed by atoms with Crippen LogP contribution in [0.25, 0.3) is 0 Å². The van der Waals surface area contributed by atoms with E-state index >= 15 is 0 Å². The number of rotatable bonds is 15. The molecule has 0 fully saturated rings. The number of amidine groups is 1. The first-order valence-corrected chi connectivity index (χ1v) is 15.7. The summed E-state index contributed by atoms with van der Waals surface area (Å²) >= 11 is 11.8. The molecule has 0 radical (unpaired) electrons. The molecule has 18 heteroatoms. The number of nitrogens with two attached hydrogens (primary N) is 1. The zero-order chi connectivity index (χ0) is 35.0. The standard InChI is InChI=1S/C30H36Cl2N12O4/c1-41-17-19(14-21(41)28(46)35-11-8-24(33)34)36-29(47)22-15-26(40-42(22)2)38-30(48)23-16-25(39-43(23)3)37-27(45)18-4-6-20(7-5-18)44(12-9-31)13-10-32/h4-7,14-17H,8-13H2,1-3H3,(H3,33,34)(H,35,46)(H,36,47)(H,37,39,45)(H,38,40,48). The number of alkyl halides is 2. The van der Waals surface area contributed by atoms with Crippen LogP contribution >= 0.6 is 23.2 Å². The van der Waals surface area contributed by atoms with Crippen LogP contribution in [0.3, 0.4) is 0 Å². The molecule has 16 nitrogen and oxygen atoms in total. The highest BCUT2D eigenvalue weighted by molar-refractivity contribution is 6.18. The van der Waals surface area contributed by atoms with E-state index in [0.29, 0.717) is 41.8 Å². The number of halogens is 2. The summed E-state index contributed by atoms with van der Waals surface area (Å²) in [6, 6.07) is 11.3. The van der Waals surface area contributed by atoms with Crippen molar-refractivity contribution in [3.63, 3.8) is 0 Å². The third-order valence-electron chi connectivity index (χ3n) is 7.09. The monoisotopic (exact) mass is 698 g/mol. The smallest absolute Gasteiger partial charge is 0.275 e. The molecule has 0 aliphatic carbocycles. The lowest BCUT2D eigenvalue weighted by molar-refractivity contribution is 0.0944. The molecule has 0 aliphatic heterocycles. The van der Waals surface area contributed by atoms with Crippen LogP contribution in [0, 0.1) is 5.41 Å². The number of carbonyl (C=O) groups excluding carboxylic acids is 4. The molecular weight excluding hydrogens is 663 g/mol. The summed E-state index contributed by atoms with van der Waals surface area (Å²) in [6.07, 6.45) is 1.79. The van der Waals surface area contributed by atoms with Gasteiger partial charge in [0.05, 0.1) is 11.5 Å². The largest absolute Gasteiger partial charge is 0.388 e. The first-order valence-electron chi connectivity index (χ1n) is 14.7. The van der Waals surface area contributed by atoms with Gasteiger partial charge >= 0.3 is 0 Å². The lowest BCUT2D eigenvalue weighted by Crippen LogP contribution is -2.28. The maximum atomic E-state index is 13.1. The Balaban J connectivity index is 1.37. The van der Waals surface area contributed by atoms with Crippen LogP contribution in [0.5, 0.6) is 0 Å². The van der Waals surface area contributed by atoms with Crippen molar-refractivity contribution in [2.24, 2.45) is 26.9 Å². The molecule has 0 bridgehead atoms. The molecular formula is C30H36Cl2N12O4. The summed E-state index contributed by atoms with van der Waals surface area (Å²) in [4.78, 5) is 53.5. The molecule has 0 atom stereocenters. The fourth-order valence-corrected chi connectivity index (χ4v) is 5.11. The highest BCUT2D eigenvalue weighted by Gasteiger charge is 2.20. The molecule has 0 spiro atoms. The Labute approximate surface area is 286 Å². The molecule has 0 unspecified atom stereocenters. The predicted molar refractivity (Wildman–Crippen MR) is 185 cm³/mol. The van der Waals surface area contributed by atoms with Crippen LogP contribution < -0.4 is 31.9 Å². The van der Waals surface area contributed by atoms with Crippen LogP contribution in [-0.2, 0) is 21.1 Å². The van der Waals surface area contributed by atoms with Gasteiger partial charge in [-0.25, -0.2) is 0 Å². The number of anilines is 4. The fourth-order valence-electron chi connectivity index (χ4n) is 4.70. The summed E-state index contributed by atoms with van der Waals surface area (Å²) in [5.74, 6) is -0.773. The lowest BCUT2D eigenvalue weighted by atomic mass is 10.2. The second-order valence-electron chi connectivity index (χ2n) is 10.6. The van der Waals surface area contributed by atoms with Crippen LogP contribution in [0.1, 0.15) is 48.2 Å². The van der Waals surface area contributed by atoms with E-state index in [9.17, 15) is 19.2 Å². The van der Waals surface area contributed by atoms with Crippen molar-refractivity contribution in [3.05, 3.63) is 71.3 Å². The molecule has 0 saturated carbocycles. The van der Waals surface area contributed by atoms with E-state index in [-0.39, 0.29) is 47.7 Å². The third-order valence-corrected chi connectivity index (χ3v) is 7.43. The zero-order valence-corrected chi connectivity index (χ0v) is 28.0. The highest BCUT2D eigenvalue weighted by atomic mass is 35.5. The van der Waals surface area contributed by atoms with Crippen molar-refractivity contribution in [1.82, 2.24) is 29.4 Å². The Bertz CT molecular complexity index is 1810. The summed E-state index contributed by atoms with van der Waals surface area (Å²) < 4.78 is 4.16. The molecule has 0 saturated heterocycles. The van der Waals surface area contributed by atoms with Gasteiger partial charge in [-0.3, -0.25) is 34.0 Å². The minimum absolute atomic E-state index is 0.0383. The maximum absolute atomic E-state index is 13.1. The summed E-state index contributed by atoms with van der Waals surface area (Å²) in [7, 11) is 4.75. The normalized spacial score (nSPS) is 10.8. The van der Waals surface area contributed by atoms with Gasteiger partial charge in [0.1, 0.15) is 17.1 Å². The minimum Gasteiger partial charge on any atom is -0.388 e. The molecule has 3 aromatic heterocycles. The average Bonchev–Trinajstić information content (AvgIpc) is 3.71. The van der Waals surface area contributed by atoms with Crippen molar-refractivity contribution < 1.29 is 19.2 Å². The molecule has 3 heterocycles. The number of carbonyl (C=O) groups is 4. The van der Waals surface area contributed by atoms with Crippen molar-refractivity contribution in [2.45, 2.75) is 6.42 Å². The lowest BCUT2D eigenvalue weighted by Gasteiger charge is -2.22. The molecule has 4 aromatic rings. The Morgan fingerprint density at radius 2 is 1.33 bits per heavy atom. The number of nitrogens with one attached hydrogen (secondary N) is 5. The van der Waals surface area contributed by atoms with E-state index in [1.54, 1.807) is 44.0 Å². The minimum atomic E-state index is -0.568. The van der Waals surface area contributed by atoms with E-state index in [4.69, 9.17) is 34.3 Å². The summed E-state index contributed by atoms with van der Waals surface area (Å²) in [5.41, 5.74) is 7.53. The highest BCUT2D eigenvalue weighted by Crippen LogP contribution is 2.19. The van der Waals surface area contributed by atoms with Crippen molar-refractivity contribution in [3.8, 4) is 0 Å². The quantitative estimate of drug-likeness (QED) is 0.0616. The van der Waals surface area contributed by atoms with Crippen LogP contribution in [0.15, 0.2) is 48.7 Å². The predicted octanol–water partition coefficient (Wildman–Crippen LogP) is 2.59. The van der Waals surface area contributed by atoms with Crippen molar-refractivity contribution >= 4 is 75.7 Å². The number of benzene rings is 1. The van der Waals surface area contributed by atoms with Gasteiger partial charge in [0, 0.05) is 88.5 Å². The summed E-state index contributed by atoms with van der Waals surface area (Å²) in [5, 5.41) is 26.4. The Morgan fingerprint density at radius 1 is 0.792 bits per heavy atom. The number of aryl methyl sites for hydroxylation is 3. The molecule has 4 amide bonds. The average molecular weight is 700 g/mol. The van der Waals surface area contributed by atoms with E-state index in [2.05, 4.69) is 31.5 Å². The number of nitrogens with zero attached hydrogens (tertiary/aromatic N) is 6. The number of aromatic nitrogens is 5. The molecule has 254 valence electrons. The van der Waals surface area contributed by atoms with E-state index < -0.39 is 17.7 Å². The number of hydrogen-bond acceptors (Lipinski definition) is 8. The van der Waals surface area contributed by atoms with Crippen LogP contribution in [0.2, 0.25) is 0 Å². The van der Waals surface area contributed by atoms with Crippen molar-refractivity contribution in [2.75, 3.05) is 52.2 Å². The molecule has 4 rings (SSSR count). The zero-order valence-electron chi connectivity index (χ0n) is 26.5. The maximum Gasteiger partial charge on any atom is 0.275 e. The summed E-state index contributed by atoms with van der Waals surface area (Å²) in [6.45, 7) is 1.44. The Morgan fingerprint density at radius 3 is 1.88 bits per heavy atom.